The number of pyridine rings is 1. The fourth-order valence-electron chi connectivity index (χ4n) is 4.09. The van der Waals surface area contributed by atoms with Gasteiger partial charge < -0.3 is 10.0 Å². The highest BCUT2D eigenvalue weighted by Crippen LogP contribution is 2.42. The molecule has 1 saturated heterocycles. The predicted octanol–water partition coefficient (Wildman–Crippen LogP) is 2.34. The molecule has 0 atom stereocenters. The van der Waals surface area contributed by atoms with Gasteiger partial charge in [-0.3, -0.25) is 9.89 Å². The maximum absolute atomic E-state index is 13.1. The fraction of sp³-hybridized carbons (Fsp3) is 0.611. The van der Waals surface area contributed by atoms with Crippen LogP contribution in [0.3, 0.4) is 0 Å². The Labute approximate surface area is 141 Å². The van der Waals surface area contributed by atoms with Gasteiger partial charge >= 0.3 is 0 Å². The molecule has 2 aromatic heterocycles. The van der Waals surface area contributed by atoms with Crippen LogP contribution in [-0.2, 0) is 0 Å². The molecular formula is C18H24N4O2. The Hall–Kier alpha value is -1.95. The third kappa shape index (κ3) is 2.40. The van der Waals surface area contributed by atoms with Crippen LogP contribution in [0.15, 0.2) is 6.07 Å². The minimum Gasteiger partial charge on any atom is -0.389 e. The minimum atomic E-state index is -0.565. The second-order valence-electron chi connectivity index (χ2n) is 7.38. The zero-order valence-electron chi connectivity index (χ0n) is 14.3. The summed E-state index contributed by atoms with van der Waals surface area (Å²) in [6, 6.07) is 1.85. The fourth-order valence-corrected chi connectivity index (χ4v) is 4.09. The van der Waals surface area contributed by atoms with Gasteiger partial charge in [0.05, 0.1) is 16.6 Å². The van der Waals surface area contributed by atoms with Gasteiger partial charge in [-0.25, -0.2) is 4.98 Å². The van der Waals surface area contributed by atoms with Crippen molar-refractivity contribution < 1.29 is 9.90 Å². The normalized spacial score (nSPS) is 21.0. The van der Waals surface area contributed by atoms with E-state index in [4.69, 9.17) is 0 Å². The van der Waals surface area contributed by atoms with Crippen molar-refractivity contribution in [1.29, 1.82) is 0 Å². The zero-order valence-corrected chi connectivity index (χ0v) is 14.3. The molecular weight excluding hydrogens is 304 g/mol. The first-order chi connectivity index (χ1) is 11.5. The van der Waals surface area contributed by atoms with Gasteiger partial charge in [0, 0.05) is 24.5 Å². The molecule has 0 unspecified atom stereocenters. The van der Waals surface area contributed by atoms with E-state index in [9.17, 15) is 9.90 Å². The lowest BCUT2D eigenvalue weighted by molar-refractivity contribution is -0.0861. The van der Waals surface area contributed by atoms with Crippen molar-refractivity contribution >= 4 is 16.9 Å². The van der Waals surface area contributed by atoms with Crippen LogP contribution < -0.4 is 0 Å². The van der Waals surface area contributed by atoms with Crippen molar-refractivity contribution in [3.63, 3.8) is 0 Å². The molecule has 6 nitrogen and oxygen atoms in total. The first-order valence-electron chi connectivity index (χ1n) is 8.82. The largest absolute Gasteiger partial charge is 0.389 e. The summed E-state index contributed by atoms with van der Waals surface area (Å²) in [6.45, 7) is 5.03. The lowest BCUT2D eigenvalue weighted by atomic mass is 9.69. The molecule has 6 heteroatoms. The Morgan fingerprint density at radius 3 is 2.67 bits per heavy atom. The molecule has 128 valence electrons. The average Bonchev–Trinajstić information content (AvgIpc) is 2.85. The van der Waals surface area contributed by atoms with E-state index in [-0.39, 0.29) is 5.91 Å². The van der Waals surface area contributed by atoms with Crippen LogP contribution in [0.1, 0.15) is 53.8 Å². The van der Waals surface area contributed by atoms with E-state index in [0.717, 1.165) is 29.6 Å². The van der Waals surface area contributed by atoms with Crippen LogP contribution in [0.5, 0.6) is 0 Å². The molecule has 2 aromatic rings. The summed E-state index contributed by atoms with van der Waals surface area (Å²) in [7, 11) is 0. The maximum atomic E-state index is 13.1. The number of amides is 1. The van der Waals surface area contributed by atoms with Crippen molar-refractivity contribution in [2.24, 2.45) is 5.92 Å². The highest BCUT2D eigenvalue weighted by molar-refractivity contribution is 6.06. The summed E-state index contributed by atoms with van der Waals surface area (Å²) in [6.07, 6.45) is 4.84. The minimum absolute atomic E-state index is 0.0191. The van der Waals surface area contributed by atoms with Gasteiger partial charge in [-0.05, 0) is 51.5 Å². The summed E-state index contributed by atoms with van der Waals surface area (Å²) in [5.74, 6) is 0.450. The number of carbonyl (C=O) groups is 1. The molecule has 2 fully saturated rings. The smallest absolute Gasteiger partial charge is 0.254 e. The molecule has 4 rings (SSSR count). The van der Waals surface area contributed by atoms with E-state index >= 15 is 0 Å². The Morgan fingerprint density at radius 2 is 2.04 bits per heavy atom. The number of hydrogen-bond acceptors (Lipinski definition) is 4. The lowest BCUT2D eigenvalue weighted by Crippen LogP contribution is -2.52. The summed E-state index contributed by atoms with van der Waals surface area (Å²) >= 11 is 0. The van der Waals surface area contributed by atoms with Gasteiger partial charge in [-0.1, -0.05) is 6.42 Å². The number of aromatic amines is 1. The van der Waals surface area contributed by atoms with E-state index in [1.807, 2.05) is 24.8 Å². The van der Waals surface area contributed by atoms with Crippen LogP contribution in [0.25, 0.3) is 11.0 Å². The highest BCUT2D eigenvalue weighted by atomic mass is 16.3. The van der Waals surface area contributed by atoms with E-state index < -0.39 is 5.60 Å². The molecule has 0 spiro atoms. The number of carbonyl (C=O) groups excluding carboxylic acids is 1. The summed E-state index contributed by atoms with van der Waals surface area (Å²) in [5, 5.41) is 18.7. The average molecular weight is 328 g/mol. The summed E-state index contributed by atoms with van der Waals surface area (Å²) in [4.78, 5) is 19.3. The van der Waals surface area contributed by atoms with Gasteiger partial charge in [0.1, 0.15) is 0 Å². The second kappa shape index (κ2) is 5.55. The Morgan fingerprint density at radius 1 is 1.33 bits per heavy atom. The Balaban J connectivity index is 1.58. The number of piperidine rings is 1. The summed E-state index contributed by atoms with van der Waals surface area (Å²) in [5.41, 5.74) is 2.35. The van der Waals surface area contributed by atoms with Gasteiger partial charge in [-0.2, -0.15) is 5.10 Å². The van der Waals surface area contributed by atoms with Gasteiger partial charge in [0.25, 0.3) is 5.91 Å². The molecule has 1 aliphatic carbocycles. The van der Waals surface area contributed by atoms with E-state index in [1.165, 1.54) is 6.42 Å². The number of aromatic nitrogens is 3. The third-order valence-electron chi connectivity index (χ3n) is 5.84. The number of rotatable bonds is 2. The number of nitrogens with one attached hydrogen (secondary N) is 1. The molecule has 2 N–H and O–H groups in total. The molecule has 0 bridgehead atoms. The molecule has 1 amide bonds. The molecule has 2 aliphatic rings. The first kappa shape index (κ1) is 15.6. The van der Waals surface area contributed by atoms with Crippen LogP contribution in [0.4, 0.5) is 0 Å². The number of aryl methyl sites for hydroxylation is 2. The van der Waals surface area contributed by atoms with E-state index in [0.29, 0.717) is 43.1 Å². The molecule has 3 heterocycles. The molecule has 1 aliphatic heterocycles. The van der Waals surface area contributed by atoms with Gasteiger partial charge in [0.2, 0.25) is 0 Å². The van der Waals surface area contributed by atoms with Crippen molar-refractivity contribution in [3.05, 3.63) is 23.0 Å². The van der Waals surface area contributed by atoms with Crippen molar-refractivity contribution in [3.8, 4) is 0 Å². The zero-order chi connectivity index (χ0) is 16.9. The van der Waals surface area contributed by atoms with Crippen molar-refractivity contribution in [2.45, 2.75) is 51.6 Å². The number of hydrogen-bond donors (Lipinski definition) is 2. The third-order valence-corrected chi connectivity index (χ3v) is 5.84. The number of likely N-dealkylation sites (tertiary alicyclic amines) is 1. The van der Waals surface area contributed by atoms with E-state index in [2.05, 4.69) is 15.2 Å². The van der Waals surface area contributed by atoms with Crippen LogP contribution in [0, 0.1) is 19.8 Å². The topological polar surface area (TPSA) is 82.1 Å². The SMILES string of the molecule is Cc1cc(C(=O)N2CCC(O)(C3CCC3)CC2)c2c(C)[nH]nc2n1. The Kier molecular flexibility index (Phi) is 3.60. The van der Waals surface area contributed by atoms with Gasteiger partial charge in [0.15, 0.2) is 5.65 Å². The Bertz CT molecular complexity index is 786. The number of fused-ring (bicyclic) bond motifs is 1. The van der Waals surface area contributed by atoms with Gasteiger partial charge in [-0.15, -0.1) is 0 Å². The standard InChI is InChI=1S/C18H24N4O2/c1-11-10-14(15-12(2)20-21-16(15)19-11)17(23)22-8-6-18(24,7-9-22)13-4-3-5-13/h10,13,24H,3-9H2,1-2H3,(H,19,20,21). The lowest BCUT2D eigenvalue weighted by Gasteiger charge is -2.46. The number of nitrogens with zero attached hydrogens (tertiary/aromatic N) is 3. The highest BCUT2D eigenvalue weighted by Gasteiger charge is 2.43. The predicted molar refractivity (Wildman–Crippen MR) is 90.8 cm³/mol. The van der Waals surface area contributed by atoms with Crippen molar-refractivity contribution in [1.82, 2.24) is 20.1 Å². The molecule has 0 aromatic carbocycles. The maximum Gasteiger partial charge on any atom is 0.254 e. The number of aliphatic hydroxyl groups is 1. The first-order valence-corrected chi connectivity index (χ1v) is 8.82. The molecule has 0 radical (unpaired) electrons. The monoisotopic (exact) mass is 328 g/mol. The second-order valence-corrected chi connectivity index (χ2v) is 7.38. The van der Waals surface area contributed by atoms with Crippen LogP contribution in [-0.4, -0.2) is 49.8 Å². The molecule has 1 saturated carbocycles. The summed E-state index contributed by atoms with van der Waals surface area (Å²) < 4.78 is 0. The molecule has 24 heavy (non-hydrogen) atoms. The van der Waals surface area contributed by atoms with Crippen LogP contribution in [0.2, 0.25) is 0 Å². The van der Waals surface area contributed by atoms with E-state index in [1.54, 1.807) is 0 Å². The van der Waals surface area contributed by atoms with Crippen molar-refractivity contribution in [2.75, 3.05) is 13.1 Å². The quantitative estimate of drug-likeness (QED) is 0.886. The number of H-pyrrole nitrogens is 1. The van der Waals surface area contributed by atoms with Crippen LogP contribution >= 0.6 is 0 Å².